The zero-order chi connectivity index (χ0) is 9.10. The number of alkyl halides is 1. The van der Waals surface area contributed by atoms with Gasteiger partial charge in [-0.05, 0) is 5.56 Å². The summed E-state index contributed by atoms with van der Waals surface area (Å²) in [5.74, 6) is 0. The summed E-state index contributed by atoms with van der Waals surface area (Å²) in [5.41, 5.74) is 1.22. The van der Waals surface area contributed by atoms with Gasteiger partial charge in [-0.15, -0.1) is 0 Å². The average Bonchev–Trinajstić information content (AvgIpc) is 2.67. The van der Waals surface area contributed by atoms with Gasteiger partial charge in [0.05, 0.1) is 6.61 Å². The molecule has 0 radical (unpaired) electrons. The lowest BCUT2D eigenvalue weighted by molar-refractivity contribution is 0.101. The van der Waals surface area contributed by atoms with Crippen molar-refractivity contribution < 1.29 is 4.74 Å². The highest BCUT2D eigenvalue weighted by Crippen LogP contribution is 2.20. The third-order valence-electron chi connectivity index (χ3n) is 2.14. The summed E-state index contributed by atoms with van der Waals surface area (Å²) in [5, 5.41) is 3.43. The fraction of sp³-hybridized carbons (Fsp3) is 0.400. The van der Waals surface area contributed by atoms with Gasteiger partial charge in [0, 0.05) is 10.5 Å². The summed E-state index contributed by atoms with van der Waals surface area (Å²) < 4.78 is 6.72. The lowest BCUT2D eigenvalue weighted by Crippen LogP contribution is -2.26. The minimum Gasteiger partial charge on any atom is -0.357 e. The van der Waals surface area contributed by atoms with Crippen LogP contribution in [-0.2, 0) is 4.74 Å². The largest absolute Gasteiger partial charge is 0.357 e. The molecule has 70 valence electrons. The van der Waals surface area contributed by atoms with Crippen LogP contribution in [0.25, 0.3) is 0 Å². The third kappa shape index (κ3) is 2.21. The minimum atomic E-state index is 0.0981. The van der Waals surface area contributed by atoms with Crippen LogP contribution < -0.4 is 5.32 Å². The second-order valence-corrected chi connectivity index (χ2v) is 4.02. The van der Waals surface area contributed by atoms with Crippen LogP contribution in [0.15, 0.2) is 30.3 Å². The smallest absolute Gasteiger partial charge is 0.134 e. The van der Waals surface area contributed by atoms with Gasteiger partial charge in [0.1, 0.15) is 6.23 Å². The summed E-state index contributed by atoms with van der Waals surface area (Å²) in [6.07, 6.45) is 0.0981. The first-order valence-electron chi connectivity index (χ1n) is 4.38. The molecule has 2 nitrogen and oxygen atoms in total. The van der Waals surface area contributed by atoms with Crippen LogP contribution in [0.5, 0.6) is 0 Å². The van der Waals surface area contributed by atoms with E-state index in [0.29, 0.717) is 6.04 Å². The van der Waals surface area contributed by atoms with Gasteiger partial charge in [-0.1, -0.05) is 52.9 Å². The number of hydrogen-bond donors (Lipinski definition) is 1. The highest BCUT2D eigenvalue weighted by Gasteiger charge is 2.23. The molecule has 1 saturated heterocycles. The Morgan fingerprint density at radius 1 is 1.38 bits per heavy atom. The fourth-order valence-corrected chi connectivity index (χ4v) is 1.94. The first-order chi connectivity index (χ1) is 6.40. The maximum absolute atomic E-state index is 5.63. The molecule has 2 unspecified atom stereocenters. The van der Waals surface area contributed by atoms with Gasteiger partial charge in [0.15, 0.2) is 0 Å². The van der Waals surface area contributed by atoms with Gasteiger partial charge in [0.25, 0.3) is 0 Å². The molecule has 0 aliphatic carbocycles. The molecule has 13 heavy (non-hydrogen) atoms. The van der Waals surface area contributed by atoms with E-state index in [9.17, 15) is 0 Å². The van der Waals surface area contributed by atoms with E-state index in [1.54, 1.807) is 0 Å². The first-order valence-corrected chi connectivity index (χ1v) is 5.91. The molecule has 1 heterocycles. The van der Waals surface area contributed by atoms with Crippen LogP contribution in [0.4, 0.5) is 0 Å². The predicted octanol–water partition coefficient (Wildman–Crippen LogP) is 2.11. The molecule has 2 atom stereocenters. The van der Waals surface area contributed by atoms with Crippen LogP contribution in [0, 0.1) is 0 Å². The molecule has 1 aromatic carbocycles. The van der Waals surface area contributed by atoms with Crippen LogP contribution >= 0.6 is 22.6 Å². The molecule has 1 aromatic rings. The first kappa shape index (κ1) is 9.43. The quantitative estimate of drug-likeness (QED) is 0.665. The summed E-state index contributed by atoms with van der Waals surface area (Å²) in [6.45, 7) is 0.822. The van der Waals surface area contributed by atoms with E-state index in [1.165, 1.54) is 5.56 Å². The van der Waals surface area contributed by atoms with Gasteiger partial charge in [0.2, 0.25) is 0 Å². The van der Waals surface area contributed by atoms with Crippen molar-refractivity contribution in [1.29, 1.82) is 0 Å². The monoisotopic (exact) mass is 289 g/mol. The van der Waals surface area contributed by atoms with E-state index >= 15 is 0 Å². The number of hydrogen-bond acceptors (Lipinski definition) is 2. The van der Waals surface area contributed by atoms with E-state index in [4.69, 9.17) is 4.74 Å². The normalized spacial score (nSPS) is 27.8. The topological polar surface area (TPSA) is 21.3 Å². The van der Waals surface area contributed by atoms with Crippen molar-refractivity contribution in [2.45, 2.75) is 12.3 Å². The van der Waals surface area contributed by atoms with E-state index in [1.807, 2.05) is 18.2 Å². The average molecular weight is 289 g/mol. The molecule has 0 saturated carbocycles. The highest BCUT2D eigenvalue weighted by atomic mass is 127. The molecule has 1 N–H and O–H groups in total. The van der Waals surface area contributed by atoms with Crippen molar-refractivity contribution >= 4 is 22.6 Å². The molecular weight excluding hydrogens is 277 g/mol. The van der Waals surface area contributed by atoms with Gasteiger partial charge < -0.3 is 4.74 Å². The third-order valence-corrected chi connectivity index (χ3v) is 3.20. The lowest BCUT2D eigenvalue weighted by Gasteiger charge is -2.10. The number of halogens is 1. The lowest BCUT2D eigenvalue weighted by atomic mass is 10.2. The SMILES string of the molecule is ICC1COC(c2ccccc2)N1. The Morgan fingerprint density at radius 2 is 2.15 bits per heavy atom. The fourth-order valence-electron chi connectivity index (χ4n) is 1.43. The van der Waals surface area contributed by atoms with Crippen molar-refractivity contribution in [2.24, 2.45) is 0 Å². The van der Waals surface area contributed by atoms with Crippen LogP contribution in [0.2, 0.25) is 0 Å². The van der Waals surface area contributed by atoms with E-state index in [0.717, 1.165) is 11.0 Å². The Balaban J connectivity index is 2.04. The maximum Gasteiger partial charge on any atom is 0.134 e. The molecular formula is C10H12INO. The highest BCUT2D eigenvalue weighted by molar-refractivity contribution is 14.1. The second kappa shape index (κ2) is 4.39. The molecule has 1 aliphatic rings. The zero-order valence-electron chi connectivity index (χ0n) is 7.24. The Kier molecular flexibility index (Phi) is 3.18. The summed E-state index contributed by atoms with van der Waals surface area (Å²) in [4.78, 5) is 0. The van der Waals surface area contributed by atoms with Gasteiger partial charge in [-0.2, -0.15) is 0 Å². The van der Waals surface area contributed by atoms with Crippen molar-refractivity contribution in [3.8, 4) is 0 Å². The van der Waals surface area contributed by atoms with E-state index in [2.05, 4.69) is 40.0 Å². The van der Waals surface area contributed by atoms with Crippen molar-refractivity contribution in [3.63, 3.8) is 0 Å². The molecule has 0 spiro atoms. The van der Waals surface area contributed by atoms with E-state index < -0.39 is 0 Å². The van der Waals surface area contributed by atoms with Gasteiger partial charge in [-0.25, -0.2) is 0 Å². The Labute approximate surface area is 91.8 Å². The molecule has 1 fully saturated rings. The number of nitrogens with one attached hydrogen (secondary N) is 1. The van der Waals surface area contributed by atoms with Crippen LogP contribution in [0.1, 0.15) is 11.8 Å². The zero-order valence-corrected chi connectivity index (χ0v) is 9.40. The molecule has 0 aromatic heterocycles. The minimum absolute atomic E-state index is 0.0981. The molecule has 3 heteroatoms. The standard InChI is InChI=1S/C10H12INO/c11-6-9-7-13-10(12-9)8-4-2-1-3-5-8/h1-5,9-10,12H,6-7H2. The summed E-state index contributed by atoms with van der Waals surface area (Å²) in [7, 11) is 0. The van der Waals surface area contributed by atoms with Crippen molar-refractivity contribution in [2.75, 3.05) is 11.0 Å². The molecule has 2 rings (SSSR count). The van der Waals surface area contributed by atoms with Crippen molar-refractivity contribution in [1.82, 2.24) is 5.32 Å². The Hall–Kier alpha value is -0.130. The predicted molar refractivity (Wildman–Crippen MR) is 60.9 cm³/mol. The summed E-state index contributed by atoms with van der Waals surface area (Å²) >= 11 is 2.38. The number of ether oxygens (including phenoxy) is 1. The molecule has 1 aliphatic heterocycles. The number of rotatable bonds is 2. The second-order valence-electron chi connectivity index (χ2n) is 3.14. The maximum atomic E-state index is 5.63. The van der Waals surface area contributed by atoms with Crippen LogP contribution in [-0.4, -0.2) is 17.1 Å². The summed E-state index contributed by atoms with van der Waals surface area (Å²) in [6, 6.07) is 10.8. The van der Waals surface area contributed by atoms with Crippen LogP contribution in [0.3, 0.4) is 0 Å². The molecule has 0 bridgehead atoms. The van der Waals surface area contributed by atoms with Gasteiger partial charge >= 0.3 is 0 Å². The number of benzene rings is 1. The molecule has 0 amide bonds. The Morgan fingerprint density at radius 3 is 2.77 bits per heavy atom. The van der Waals surface area contributed by atoms with E-state index in [-0.39, 0.29) is 6.23 Å². The van der Waals surface area contributed by atoms with Gasteiger partial charge in [-0.3, -0.25) is 5.32 Å². The Bertz CT molecular complexity index is 265. The van der Waals surface area contributed by atoms with Crippen molar-refractivity contribution in [3.05, 3.63) is 35.9 Å².